The van der Waals surface area contributed by atoms with Crippen LogP contribution in [0.4, 0.5) is 10.5 Å². The molecule has 0 radical (unpaired) electrons. The number of hydrogen-bond acceptors (Lipinski definition) is 3. The summed E-state index contributed by atoms with van der Waals surface area (Å²) in [4.78, 5) is 29.2. The Balaban J connectivity index is 1.79. The van der Waals surface area contributed by atoms with E-state index in [-0.39, 0.29) is 11.6 Å². The van der Waals surface area contributed by atoms with E-state index >= 15 is 0 Å². The van der Waals surface area contributed by atoms with Gasteiger partial charge in [-0.15, -0.1) is 0 Å². The minimum Gasteiger partial charge on any atom is -0.337 e. The quantitative estimate of drug-likeness (QED) is 0.787. The van der Waals surface area contributed by atoms with Crippen LogP contribution in [-0.4, -0.2) is 22.5 Å². The van der Waals surface area contributed by atoms with Gasteiger partial charge in [-0.05, 0) is 24.6 Å². The lowest BCUT2D eigenvalue weighted by Crippen LogP contribution is -2.30. The molecule has 0 atom stereocenters. The average molecular weight is 272 g/mol. The molecule has 1 aromatic heterocycles. The minimum absolute atomic E-state index is 0.195. The van der Waals surface area contributed by atoms with Crippen LogP contribution in [0.25, 0.3) is 0 Å². The van der Waals surface area contributed by atoms with E-state index in [2.05, 4.69) is 20.6 Å². The number of amides is 2. The van der Waals surface area contributed by atoms with Crippen molar-refractivity contribution in [2.24, 2.45) is 0 Å². The van der Waals surface area contributed by atoms with Gasteiger partial charge in [-0.2, -0.15) is 0 Å². The lowest BCUT2D eigenvalue weighted by atomic mass is 10.2. The van der Waals surface area contributed by atoms with E-state index in [4.69, 9.17) is 0 Å². The fourth-order valence-corrected chi connectivity index (χ4v) is 1.75. The molecule has 3 N–H and O–H groups in total. The van der Waals surface area contributed by atoms with Crippen molar-refractivity contribution < 1.29 is 4.79 Å². The Morgan fingerprint density at radius 3 is 2.95 bits per heavy atom. The van der Waals surface area contributed by atoms with Gasteiger partial charge >= 0.3 is 6.03 Å². The highest BCUT2D eigenvalue weighted by Crippen LogP contribution is 2.08. The second kappa shape index (κ2) is 6.51. The standard InChI is InChI=1S/C14H16N4O2/c1-10-3-2-4-12(7-10)18-14(20)15-6-5-11-8-13(19)17-9-16-11/h2-4,7-9H,5-6H2,1H3,(H2,15,18,20)(H,16,17,19). The molecule has 0 aliphatic rings. The van der Waals surface area contributed by atoms with Crippen molar-refractivity contribution in [1.82, 2.24) is 15.3 Å². The van der Waals surface area contributed by atoms with Crippen LogP contribution in [0.5, 0.6) is 0 Å². The molecule has 0 saturated carbocycles. The van der Waals surface area contributed by atoms with Gasteiger partial charge in [0.1, 0.15) is 0 Å². The maximum Gasteiger partial charge on any atom is 0.319 e. The average Bonchev–Trinajstić information content (AvgIpc) is 2.38. The number of carbonyl (C=O) groups is 1. The molecule has 2 aromatic rings. The predicted molar refractivity (Wildman–Crippen MR) is 76.8 cm³/mol. The van der Waals surface area contributed by atoms with Crippen molar-refractivity contribution in [2.45, 2.75) is 13.3 Å². The van der Waals surface area contributed by atoms with Gasteiger partial charge in [0.15, 0.2) is 0 Å². The molecule has 20 heavy (non-hydrogen) atoms. The number of hydrogen-bond donors (Lipinski definition) is 3. The molecular formula is C14H16N4O2. The molecule has 0 unspecified atom stereocenters. The Morgan fingerprint density at radius 2 is 2.20 bits per heavy atom. The van der Waals surface area contributed by atoms with Gasteiger partial charge in [-0.3, -0.25) is 4.79 Å². The van der Waals surface area contributed by atoms with E-state index in [1.54, 1.807) is 0 Å². The number of nitrogens with one attached hydrogen (secondary N) is 3. The molecule has 0 fully saturated rings. The van der Waals surface area contributed by atoms with Crippen LogP contribution in [0, 0.1) is 6.92 Å². The molecule has 2 amide bonds. The van der Waals surface area contributed by atoms with Crippen molar-refractivity contribution in [3.63, 3.8) is 0 Å². The molecule has 0 saturated heterocycles. The van der Waals surface area contributed by atoms with Crippen LogP contribution in [0.1, 0.15) is 11.3 Å². The summed E-state index contributed by atoms with van der Waals surface area (Å²) in [6.45, 7) is 2.37. The summed E-state index contributed by atoms with van der Waals surface area (Å²) in [6, 6.07) is 8.69. The Labute approximate surface area is 116 Å². The molecule has 104 valence electrons. The largest absolute Gasteiger partial charge is 0.337 e. The number of H-pyrrole nitrogens is 1. The molecule has 0 aliphatic heterocycles. The summed E-state index contributed by atoms with van der Waals surface area (Å²) in [5, 5.41) is 5.46. The van der Waals surface area contributed by atoms with Gasteiger partial charge in [0.2, 0.25) is 0 Å². The third-order valence-electron chi connectivity index (χ3n) is 2.68. The monoisotopic (exact) mass is 272 g/mol. The number of anilines is 1. The lowest BCUT2D eigenvalue weighted by molar-refractivity contribution is 0.252. The zero-order valence-corrected chi connectivity index (χ0v) is 11.1. The number of carbonyl (C=O) groups excluding carboxylic acids is 1. The van der Waals surface area contributed by atoms with Crippen LogP contribution in [-0.2, 0) is 6.42 Å². The Kier molecular flexibility index (Phi) is 4.49. The molecule has 6 heteroatoms. The number of aromatic amines is 1. The van der Waals surface area contributed by atoms with Crippen molar-refractivity contribution >= 4 is 11.7 Å². The molecule has 1 heterocycles. The first-order valence-electron chi connectivity index (χ1n) is 6.28. The first-order valence-corrected chi connectivity index (χ1v) is 6.28. The highest BCUT2D eigenvalue weighted by Gasteiger charge is 2.02. The Morgan fingerprint density at radius 1 is 1.35 bits per heavy atom. The second-order valence-electron chi connectivity index (χ2n) is 4.40. The van der Waals surface area contributed by atoms with Crippen LogP contribution >= 0.6 is 0 Å². The van der Waals surface area contributed by atoms with E-state index in [1.807, 2.05) is 31.2 Å². The minimum atomic E-state index is -0.277. The molecule has 6 nitrogen and oxygen atoms in total. The predicted octanol–water partition coefficient (Wildman–Crippen LogP) is 1.44. The van der Waals surface area contributed by atoms with Crippen LogP contribution in [0.3, 0.4) is 0 Å². The normalized spacial score (nSPS) is 10.1. The van der Waals surface area contributed by atoms with Crippen molar-refractivity contribution in [2.75, 3.05) is 11.9 Å². The van der Waals surface area contributed by atoms with Gasteiger partial charge in [-0.25, -0.2) is 9.78 Å². The SMILES string of the molecule is Cc1cccc(NC(=O)NCCc2cc(=O)[nH]cn2)c1. The molecule has 0 aliphatic carbocycles. The third-order valence-corrected chi connectivity index (χ3v) is 2.68. The summed E-state index contributed by atoms with van der Waals surface area (Å²) >= 11 is 0. The maximum absolute atomic E-state index is 11.7. The molecule has 2 rings (SSSR count). The Hall–Kier alpha value is -2.63. The number of aryl methyl sites for hydroxylation is 1. The fraction of sp³-hybridized carbons (Fsp3) is 0.214. The third kappa shape index (κ3) is 4.24. The van der Waals surface area contributed by atoms with Crippen molar-refractivity contribution in [3.05, 3.63) is 58.3 Å². The van der Waals surface area contributed by atoms with E-state index < -0.39 is 0 Å². The highest BCUT2D eigenvalue weighted by molar-refractivity contribution is 5.89. The van der Waals surface area contributed by atoms with Gasteiger partial charge < -0.3 is 15.6 Å². The van der Waals surface area contributed by atoms with E-state index in [1.165, 1.54) is 12.4 Å². The van der Waals surface area contributed by atoms with E-state index in [0.29, 0.717) is 18.7 Å². The van der Waals surface area contributed by atoms with Crippen LogP contribution in [0.15, 0.2) is 41.5 Å². The highest BCUT2D eigenvalue weighted by atomic mass is 16.2. The fourth-order valence-electron chi connectivity index (χ4n) is 1.75. The number of aromatic nitrogens is 2. The van der Waals surface area contributed by atoms with Gasteiger partial charge in [0.25, 0.3) is 5.56 Å². The molecule has 0 spiro atoms. The summed E-state index contributed by atoms with van der Waals surface area (Å²) in [5.74, 6) is 0. The first kappa shape index (κ1) is 13.8. The van der Waals surface area contributed by atoms with Crippen molar-refractivity contribution in [1.29, 1.82) is 0 Å². The lowest BCUT2D eigenvalue weighted by Gasteiger charge is -2.07. The first-order chi connectivity index (χ1) is 9.63. The van der Waals surface area contributed by atoms with Crippen molar-refractivity contribution in [3.8, 4) is 0 Å². The number of nitrogens with zero attached hydrogens (tertiary/aromatic N) is 1. The summed E-state index contributed by atoms with van der Waals surface area (Å²) < 4.78 is 0. The molecular weight excluding hydrogens is 256 g/mol. The van der Waals surface area contributed by atoms with E-state index in [9.17, 15) is 9.59 Å². The Bertz CT molecular complexity index is 651. The zero-order valence-electron chi connectivity index (χ0n) is 11.1. The number of rotatable bonds is 4. The summed E-state index contributed by atoms with van der Waals surface area (Å²) in [7, 11) is 0. The maximum atomic E-state index is 11.7. The number of benzene rings is 1. The van der Waals surface area contributed by atoms with E-state index in [0.717, 1.165) is 11.3 Å². The zero-order chi connectivity index (χ0) is 14.4. The van der Waals surface area contributed by atoms with Gasteiger partial charge in [0.05, 0.1) is 6.33 Å². The van der Waals surface area contributed by atoms with Crippen LogP contribution in [0.2, 0.25) is 0 Å². The smallest absolute Gasteiger partial charge is 0.319 e. The van der Waals surface area contributed by atoms with Gasteiger partial charge in [0, 0.05) is 30.4 Å². The van der Waals surface area contributed by atoms with Gasteiger partial charge in [-0.1, -0.05) is 12.1 Å². The summed E-state index contributed by atoms with van der Waals surface area (Å²) in [6.07, 6.45) is 1.86. The summed E-state index contributed by atoms with van der Waals surface area (Å²) in [5.41, 5.74) is 2.27. The van der Waals surface area contributed by atoms with Crippen LogP contribution < -0.4 is 16.2 Å². The molecule has 1 aromatic carbocycles. The topological polar surface area (TPSA) is 86.9 Å². The number of urea groups is 1. The molecule has 0 bridgehead atoms. The second-order valence-corrected chi connectivity index (χ2v) is 4.40.